The van der Waals surface area contributed by atoms with Crippen LogP contribution in [-0.2, 0) is 20.8 Å². The first-order chi connectivity index (χ1) is 10.6. The van der Waals surface area contributed by atoms with Crippen molar-refractivity contribution in [3.63, 3.8) is 0 Å². The van der Waals surface area contributed by atoms with Gasteiger partial charge in [-0.15, -0.1) is 11.3 Å². The summed E-state index contributed by atoms with van der Waals surface area (Å²) in [4.78, 5) is 28.1. The maximum Gasteiger partial charge on any atom is 0.410 e. The van der Waals surface area contributed by atoms with Gasteiger partial charge in [0.2, 0.25) is 5.91 Å². The maximum absolute atomic E-state index is 12.4. The molecule has 6 nitrogen and oxygen atoms in total. The van der Waals surface area contributed by atoms with Crippen LogP contribution in [0.5, 0.6) is 0 Å². The number of aryl methyl sites for hydroxylation is 1. The van der Waals surface area contributed by atoms with E-state index in [-0.39, 0.29) is 18.6 Å². The molecule has 1 aromatic rings. The SMILES string of the molecule is Cc1ccc(CN2C(=O)OC[C@H]2C(=O)NC2CCOCC2)s1. The van der Waals surface area contributed by atoms with E-state index in [0.29, 0.717) is 19.8 Å². The summed E-state index contributed by atoms with van der Waals surface area (Å²) in [5.74, 6) is -0.133. The molecule has 7 heteroatoms. The number of cyclic esters (lactones) is 1. The standard InChI is InChI=1S/C15H20N2O4S/c1-10-2-3-12(22-10)8-17-13(9-21-15(17)19)14(18)16-11-4-6-20-7-5-11/h2-3,11,13H,4-9H2,1H3,(H,16,18)/t13-/m0/s1. The van der Waals surface area contributed by atoms with Crippen molar-refractivity contribution in [1.82, 2.24) is 10.2 Å². The van der Waals surface area contributed by atoms with Crippen molar-refractivity contribution in [3.8, 4) is 0 Å². The number of nitrogens with one attached hydrogen (secondary N) is 1. The molecular weight excluding hydrogens is 304 g/mol. The third kappa shape index (κ3) is 3.41. The largest absolute Gasteiger partial charge is 0.447 e. The van der Waals surface area contributed by atoms with Gasteiger partial charge in [-0.25, -0.2) is 4.79 Å². The molecule has 22 heavy (non-hydrogen) atoms. The minimum Gasteiger partial charge on any atom is -0.447 e. The van der Waals surface area contributed by atoms with Gasteiger partial charge in [0.05, 0.1) is 6.54 Å². The summed E-state index contributed by atoms with van der Waals surface area (Å²) in [6, 6.07) is 3.58. The van der Waals surface area contributed by atoms with E-state index < -0.39 is 12.1 Å². The fourth-order valence-corrected chi connectivity index (χ4v) is 3.61. The first kappa shape index (κ1) is 15.3. The molecule has 0 unspecified atom stereocenters. The monoisotopic (exact) mass is 324 g/mol. The van der Waals surface area contributed by atoms with Gasteiger partial charge in [0.25, 0.3) is 0 Å². The summed E-state index contributed by atoms with van der Waals surface area (Å²) in [6.45, 7) is 3.90. The lowest BCUT2D eigenvalue weighted by atomic mass is 10.1. The van der Waals surface area contributed by atoms with E-state index in [0.717, 1.165) is 17.7 Å². The molecule has 120 valence electrons. The summed E-state index contributed by atoms with van der Waals surface area (Å²) in [6.07, 6.45) is 1.22. The molecule has 1 N–H and O–H groups in total. The Bertz CT molecular complexity index is 553. The topological polar surface area (TPSA) is 67.9 Å². The summed E-state index contributed by atoms with van der Waals surface area (Å²) < 4.78 is 10.4. The minimum atomic E-state index is -0.544. The molecule has 2 aliphatic heterocycles. The summed E-state index contributed by atoms with van der Waals surface area (Å²) in [7, 11) is 0. The van der Waals surface area contributed by atoms with Crippen LogP contribution in [0.2, 0.25) is 0 Å². The number of rotatable bonds is 4. The third-order valence-electron chi connectivity index (χ3n) is 3.97. The Hall–Kier alpha value is -1.60. The van der Waals surface area contributed by atoms with Crippen molar-refractivity contribution in [1.29, 1.82) is 0 Å². The van der Waals surface area contributed by atoms with Crippen LogP contribution in [0.1, 0.15) is 22.6 Å². The lowest BCUT2D eigenvalue weighted by Crippen LogP contribution is -2.49. The van der Waals surface area contributed by atoms with Crippen LogP contribution in [-0.4, -0.2) is 48.8 Å². The Morgan fingerprint density at radius 2 is 2.18 bits per heavy atom. The zero-order valence-corrected chi connectivity index (χ0v) is 13.4. The highest BCUT2D eigenvalue weighted by Gasteiger charge is 2.38. The van der Waals surface area contributed by atoms with Crippen LogP contribution in [0.4, 0.5) is 4.79 Å². The van der Waals surface area contributed by atoms with Gasteiger partial charge in [-0.2, -0.15) is 0 Å². The first-order valence-electron chi connectivity index (χ1n) is 7.50. The van der Waals surface area contributed by atoms with Crippen LogP contribution in [0.25, 0.3) is 0 Å². The molecule has 0 spiro atoms. The van der Waals surface area contributed by atoms with Crippen molar-refractivity contribution < 1.29 is 19.1 Å². The summed E-state index contributed by atoms with van der Waals surface area (Å²) in [5.41, 5.74) is 0. The quantitative estimate of drug-likeness (QED) is 0.915. The van der Waals surface area contributed by atoms with Gasteiger partial charge in [0, 0.05) is 29.0 Å². The molecule has 0 aliphatic carbocycles. The molecule has 0 saturated carbocycles. The van der Waals surface area contributed by atoms with E-state index in [1.807, 2.05) is 19.1 Å². The lowest BCUT2D eigenvalue weighted by Gasteiger charge is -2.26. The second-order valence-corrected chi connectivity index (χ2v) is 7.00. The number of amides is 2. The number of hydrogen-bond donors (Lipinski definition) is 1. The molecule has 1 atom stereocenters. The normalized spacial score (nSPS) is 22.7. The first-order valence-corrected chi connectivity index (χ1v) is 8.32. The van der Waals surface area contributed by atoms with E-state index in [1.165, 1.54) is 9.78 Å². The fraction of sp³-hybridized carbons (Fsp3) is 0.600. The van der Waals surface area contributed by atoms with Gasteiger partial charge < -0.3 is 14.8 Å². The molecule has 2 amide bonds. The zero-order valence-electron chi connectivity index (χ0n) is 12.5. The van der Waals surface area contributed by atoms with E-state index >= 15 is 0 Å². The molecule has 0 radical (unpaired) electrons. The number of carbonyl (C=O) groups is 2. The molecule has 0 aromatic carbocycles. The van der Waals surface area contributed by atoms with Crippen LogP contribution in [0.15, 0.2) is 12.1 Å². The molecule has 2 fully saturated rings. The highest BCUT2D eigenvalue weighted by Crippen LogP contribution is 2.22. The van der Waals surface area contributed by atoms with Crippen molar-refractivity contribution >= 4 is 23.3 Å². The third-order valence-corrected chi connectivity index (χ3v) is 4.95. The van der Waals surface area contributed by atoms with E-state index in [4.69, 9.17) is 9.47 Å². The molecular formula is C15H20N2O4S. The molecule has 0 bridgehead atoms. The second-order valence-electron chi connectivity index (χ2n) is 5.63. The molecule has 2 aliphatic rings. The van der Waals surface area contributed by atoms with E-state index in [9.17, 15) is 9.59 Å². The number of hydrogen-bond acceptors (Lipinski definition) is 5. The van der Waals surface area contributed by atoms with Gasteiger partial charge in [0.1, 0.15) is 12.6 Å². The Morgan fingerprint density at radius 1 is 1.41 bits per heavy atom. The number of carbonyl (C=O) groups excluding carboxylic acids is 2. The Labute approximate surface area is 133 Å². The number of ether oxygens (including phenoxy) is 2. The van der Waals surface area contributed by atoms with Crippen molar-refractivity contribution in [2.45, 2.75) is 38.4 Å². The maximum atomic E-state index is 12.4. The average molecular weight is 324 g/mol. The van der Waals surface area contributed by atoms with Gasteiger partial charge in [-0.05, 0) is 31.9 Å². The predicted octanol–water partition coefficient (Wildman–Crippen LogP) is 1.67. The van der Waals surface area contributed by atoms with Crippen LogP contribution in [0, 0.1) is 6.92 Å². The predicted molar refractivity (Wildman–Crippen MR) is 81.7 cm³/mol. The van der Waals surface area contributed by atoms with Crippen LogP contribution in [0.3, 0.4) is 0 Å². The number of nitrogens with zero attached hydrogens (tertiary/aromatic N) is 1. The summed E-state index contributed by atoms with van der Waals surface area (Å²) in [5, 5.41) is 3.01. The van der Waals surface area contributed by atoms with Gasteiger partial charge in [0.15, 0.2) is 0 Å². The Balaban J connectivity index is 1.63. The molecule has 3 heterocycles. The smallest absolute Gasteiger partial charge is 0.410 e. The van der Waals surface area contributed by atoms with Crippen molar-refractivity contribution in [2.75, 3.05) is 19.8 Å². The van der Waals surface area contributed by atoms with Gasteiger partial charge in [-0.3, -0.25) is 9.69 Å². The van der Waals surface area contributed by atoms with Crippen molar-refractivity contribution in [2.24, 2.45) is 0 Å². The molecule has 1 aromatic heterocycles. The second kappa shape index (κ2) is 6.66. The van der Waals surface area contributed by atoms with Crippen LogP contribution >= 0.6 is 11.3 Å². The highest BCUT2D eigenvalue weighted by atomic mass is 32.1. The van der Waals surface area contributed by atoms with E-state index in [1.54, 1.807) is 11.3 Å². The highest BCUT2D eigenvalue weighted by molar-refractivity contribution is 7.11. The number of thiophene rings is 1. The minimum absolute atomic E-state index is 0.123. The Morgan fingerprint density at radius 3 is 2.86 bits per heavy atom. The van der Waals surface area contributed by atoms with Crippen LogP contribution < -0.4 is 5.32 Å². The van der Waals surface area contributed by atoms with Crippen molar-refractivity contribution in [3.05, 3.63) is 21.9 Å². The summed E-state index contributed by atoms with van der Waals surface area (Å²) >= 11 is 1.63. The van der Waals surface area contributed by atoms with Gasteiger partial charge in [-0.1, -0.05) is 0 Å². The van der Waals surface area contributed by atoms with E-state index in [2.05, 4.69) is 5.32 Å². The lowest BCUT2D eigenvalue weighted by molar-refractivity contribution is -0.126. The molecule has 2 saturated heterocycles. The average Bonchev–Trinajstić information content (AvgIpc) is 3.07. The zero-order chi connectivity index (χ0) is 15.5. The van der Waals surface area contributed by atoms with Gasteiger partial charge >= 0.3 is 6.09 Å². The Kier molecular flexibility index (Phi) is 4.63. The molecule has 3 rings (SSSR count). The fourth-order valence-electron chi connectivity index (χ4n) is 2.72.